The van der Waals surface area contributed by atoms with Crippen molar-refractivity contribution in [3.63, 3.8) is 0 Å². The SMILES string of the molecule is N.O=S(=O)(O)C(F)(F)C(F)CCCCCCCCCC(F)(F)F. The van der Waals surface area contributed by atoms with Crippen LogP contribution in [0.2, 0.25) is 0 Å². The molecule has 0 spiro atoms. The summed E-state index contributed by atoms with van der Waals surface area (Å²) in [5.41, 5.74) is 0. The maximum Gasteiger partial charge on any atom is 0.400 e. The van der Waals surface area contributed by atoms with Gasteiger partial charge in [0.15, 0.2) is 6.17 Å². The summed E-state index contributed by atoms with van der Waals surface area (Å²) in [6.45, 7) is 0. The fourth-order valence-corrected chi connectivity index (χ4v) is 2.30. The third kappa shape index (κ3) is 10.8. The lowest BCUT2D eigenvalue weighted by atomic mass is 10.1. The normalized spacial score (nSPS) is 14.4. The van der Waals surface area contributed by atoms with E-state index >= 15 is 0 Å². The van der Waals surface area contributed by atoms with Gasteiger partial charge in [0, 0.05) is 6.42 Å². The maximum absolute atomic E-state index is 13.1. The highest BCUT2D eigenvalue weighted by Crippen LogP contribution is 2.30. The molecule has 1 unspecified atom stereocenters. The summed E-state index contributed by atoms with van der Waals surface area (Å²) in [6, 6.07) is 0. The summed E-state index contributed by atoms with van der Waals surface area (Å²) in [5.74, 6) is 0. The van der Waals surface area contributed by atoms with Gasteiger partial charge in [-0.2, -0.15) is 30.4 Å². The fraction of sp³-hybridized carbons (Fsp3) is 1.00. The number of rotatable bonds is 11. The minimum atomic E-state index is -5.77. The van der Waals surface area contributed by atoms with Gasteiger partial charge in [0.1, 0.15) is 0 Å². The molecule has 4 N–H and O–H groups in total. The third-order valence-electron chi connectivity index (χ3n) is 3.13. The van der Waals surface area contributed by atoms with Gasteiger partial charge in [-0.1, -0.05) is 38.5 Å². The molecule has 0 saturated heterocycles. The van der Waals surface area contributed by atoms with E-state index in [4.69, 9.17) is 4.55 Å². The zero-order valence-electron chi connectivity index (χ0n) is 12.6. The first-order valence-electron chi connectivity index (χ1n) is 6.93. The van der Waals surface area contributed by atoms with Crippen LogP contribution in [0.5, 0.6) is 0 Å². The Morgan fingerprint density at radius 2 is 1.22 bits per heavy atom. The molecular weight excluding hydrogens is 352 g/mol. The Kier molecular flexibility index (Phi) is 11.1. The molecule has 0 aromatic rings. The number of halogens is 6. The molecule has 0 aromatic carbocycles. The molecule has 0 radical (unpaired) electrons. The lowest BCUT2D eigenvalue weighted by Crippen LogP contribution is -2.38. The molecule has 0 amide bonds. The predicted molar refractivity (Wildman–Crippen MR) is 74.0 cm³/mol. The van der Waals surface area contributed by atoms with Gasteiger partial charge in [-0.15, -0.1) is 0 Å². The molecular formula is C12H23F6NO3S. The smallest absolute Gasteiger partial charge is 0.344 e. The second-order valence-corrected chi connectivity index (χ2v) is 6.63. The van der Waals surface area contributed by atoms with Gasteiger partial charge in [0.25, 0.3) is 0 Å². The van der Waals surface area contributed by atoms with Gasteiger partial charge in [-0.25, -0.2) is 4.39 Å². The predicted octanol–water partition coefficient (Wildman–Crippen LogP) is 5.04. The number of hydrogen-bond donors (Lipinski definition) is 2. The first-order valence-corrected chi connectivity index (χ1v) is 8.37. The summed E-state index contributed by atoms with van der Waals surface area (Å²) in [5, 5.41) is -4.81. The van der Waals surface area contributed by atoms with E-state index in [0.29, 0.717) is 32.1 Å². The second-order valence-electron chi connectivity index (χ2n) is 5.13. The largest absolute Gasteiger partial charge is 0.400 e. The summed E-state index contributed by atoms with van der Waals surface area (Å²) in [7, 11) is -5.77. The Balaban J connectivity index is 0. The van der Waals surface area contributed by atoms with Gasteiger partial charge in [0.05, 0.1) is 0 Å². The number of unbranched alkanes of at least 4 members (excludes halogenated alkanes) is 6. The molecule has 0 aromatic heterocycles. The Bertz CT molecular complexity index is 414. The van der Waals surface area contributed by atoms with Crippen LogP contribution in [0.4, 0.5) is 26.3 Å². The van der Waals surface area contributed by atoms with Gasteiger partial charge < -0.3 is 6.15 Å². The summed E-state index contributed by atoms with van der Waals surface area (Å²) < 4.78 is 103. The number of alkyl halides is 6. The van der Waals surface area contributed by atoms with Gasteiger partial charge in [-0.3, -0.25) is 4.55 Å². The Hall–Kier alpha value is -0.550. The van der Waals surface area contributed by atoms with Crippen molar-refractivity contribution in [2.24, 2.45) is 0 Å². The number of hydrogen-bond acceptors (Lipinski definition) is 3. The highest BCUT2D eigenvalue weighted by molar-refractivity contribution is 7.86. The van der Waals surface area contributed by atoms with Crippen molar-refractivity contribution >= 4 is 10.1 Å². The molecule has 23 heavy (non-hydrogen) atoms. The molecule has 0 aliphatic rings. The van der Waals surface area contributed by atoms with Crippen molar-refractivity contribution in [3.05, 3.63) is 0 Å². The van der Waals surface area contributed by atoms with E-state index in [1.54, 1.807) is 0 Å². The molecule has 4 nitrogen and oxygen atoms in total. The summed E-state index contributed by atoms with van der Waals surface area (Å²) in [6.07, 6.45) is -6.15. The molecule has 0 saturated carbocycles. The van der Waals surface area contributed by atoms with E-state index in [0.717, 1.165) is 0 Å². The Labute approximate surface area is 132 Å². The molecule has 0 aliphatic heterocycles. The van der Waals surface area contributed by atoms with Crippen LogP contribution in [-0.2, 0) is 10.1 Å². The lowest BCUT2D eigenvalue weighted by molar-refractivity contribution is -0.135. The van der Waals surface area contributed by atoms with E-state index in [1.165, 1.54) is 0 Å². The zero-order valence-corrected chi connectivity index (χ0v) is 13.4. The van der Waals surface area contributed by atoms with Crippen LogP contribution in [0, 0.1) is 0 Å². The van der Waals surface area contributed by atoms with E-state index < -0.39 is 40.6 Å². The van der Waals surface area contributed by atoms with Crippen molar-refractivity contribution in [2.45, 2.75) is 75.4 Å². The molecule has 0 bridgehead atoms. The Morgan fingerprint density at radius 3 is 1.61 bits per heavy atom. The zero-order chi connectivity index (χ0) is 17.4. The second kappa shape index (κ2) is 10.3. The summed E-state index contributed by atoms with van der Waals surface area (Å²) >= 11 is 0. The maximum atomic E-state index is 13.1. The molecule has 0 fully saturated rings. The van der Waals surface area contributed by atoms with Crippen molar-refractivity contribution in [2.75, 3.05) is 0 Å². The van der Waals surface area contributed by atoms with Crippen LogP contribution >= 0.6 is 0 Å². The topological polar surface area (TPSA) is 89.4 Å². The van der Waals surface area contributed by atoms with Crippen LogP contribution in [-0.4, -0.2) is 30.6 Å². The van der Waals surface area contributed by atoms with Gasteiger partial charge >= 0.3 is 21.5 Å². The minimum Gasteiger partial charge on any atom is -0.344 e. The monoisotopic (exact) mass is 375 g/mol. The highest BCUT2D eigenvalue weighted by Gasteiger charge is 2.52. The highest BCUT2D eigenvalue weighted by atomic mass is 32.2. The quantitative estimate of drug-likeness (QED) is 0.301. The average molecular weight is 375 g/mol. The lowest BCUT2D eigenvalue weighted by Gasteiger charge is -2.17. The average Bonchev–Trinajstić information content (AvgIpc) is 2.33. The molecule has 142 valence electrons. The van der Waals surface area contributed by atoms with Crippen molar-refractivity contribution in [1.29, 1.82) is 0 Å². The van der Waals surface area contributed by atoms with Crippen LogP contribution in [0.15, 0.2) is 0 Å². The molecule has 1 atom stereocenters. The van der Waals surface area contributed by atoms with Crippen LogP contribution < -0.4 is 6.15 Å². The molecule has 0 rings (SSSR count). The third-order valence-corrected chi connectivity index (χ3v) is 4.07. The minimum absolute atomic E-state index is 0. The first kappa shape index (κ1) is 24.7. The Morgan fingerprint density at radius 1 is 0.826 bits per heavy atom. The van der Waals surface area contributed by atoms with Crippen molar-refractivity contribution in [1.82, 2.24) is 6.15 Å². The van der Waals surface area contributed by atoms with Crippen molar-refractivity contribution in [3.8, 4) is 0 Å². The first-order chi connectivity index (χ1) is 9.88. The van der Waals surface area contributed by atoms with Gasteiger partial charge in [-0.05, 0) is 12.8 Å². The van der Waals surface area contributed by atoms with E-state index in [1.807, 2.05) is 0 Å². The van der Waals surface area contributed by atoms with E-state index in [2.05, 4.69) is 0 Å². The van der Waals surface area contributed by atoms with Crippen LogP contribution in [0.3, 0.4) is 0 Å². The van der Waals surface area contributed by atoms with Crippen molar-refractivity contribution < 1.29 is 39.3 Å². The molecule has 11 heteroatoms. The van der Waals surface area contributed by atoms with Gasteiger partial charge in [0.2, 0.25) is 0 Å². The van der Waals surface area contributed by atoms with E-state index in [-0.39, 0.29) is 19.0 Å². The van der Waals surface area contributed by atoms with Crippen LogP contribution in [0.1, 0.15) is 57.8 Å². The summed E-state index contributed by atoms with van der Waals surface area (Å²) in [4.78, 5) is 0. The fourth-order valence-electron chi connectivity index (χ4n) is 1.86. The standard InChI is InChI=1S/C12H20F6O3S.H3N/c13-10(12(17,18)22(19,20)21)8-6-4-2-1-3-5-7-9-11(14,15)16;/h10H,1-9H2,(H,19,20,21);1H3. The van der Waals surface area contributed by atoms with Crippen LogP contribution in [0.25, 0.3) is 0 Å². The molecule has 0 aliphatic carbocycles. The molecule has 0 heterocycles. The van der Waals surface area contributed by atoms with E-state index in [9.17, 15) is 34.8 Å².